The average molecular weight is 492 g/mol. The van der Waals surface area contributed by atoms with Crippen molar-refractivity contribution in [3.63, 3.8) is 0 Å². The number of rotatable bonds is 9. The van der Waals surface area contributed by atoms with Gasteiger partial charge in [0.2, 0.25) is 17.8 Å². The molecule has 5 rings (SSSR count). The Morgan fingerprint density at radius 1 is 0.757 bits per heavy atom. The van der Waals surface area contributed by atoms with Crippen LogP contribution in [0, 0.1) is 10.1 Å². The Kier molecular flexibility index (Phi) is 6.75. The summed E-state index contributed by atoms with van der Waals surface area (Å²) in [5.74, 6) is 1.77. The zero-order valence-corrected chi connectivity index (χ0v) is 19.3. The van der Waals surface area contributed by atoms with Crippen molar-refractivity contribution in [1.29, 1.82) is 0 Å². The maximum absolute atomic E-state index is 11.0. The van der Waals surface area contributed by atoms with Gasteiger partial charge < -0.3 is 15.1 Å². The van der Waals surface area contributed by atoms with E-state index < -0.39 is 4.92 Å². The lowest BCUT2D eigenvalue weighted by Gasteiger charge is -2.10. The van der Waals surface area contributed by atoms with Crippen LogP contribution in [0.25, 0.3) is 11.3 Å². The normalized spacial score (nSPS) is 10.8. The number of hydrogen-bond donors (Lipinski definition) is 3. The molecule has 3 N–H and O–H groups in total. The number of aromatic nitrogens is 3. The summed E-state index contributed by atoms with van der Waals surface area (Å²) in [5.41, 5.74) is 5.01. The minimum absolute atomic E-state index is 0.0135. The van der Waals surface area contributed by atoms with E-state index in [1.54, 1.807) is 24.3 Å². The van der Waals surface area contributed by atoms with Gasteiger partial charge in [-0.1, -0.05) is 48.5 Å². The van der Waals surface area contributed by atoms with Gasteiger partial charge in [0, 0.05) is 29.1 Å². The predicted molar refractivity (Wildman–Crippen MR) is 141 cm³/mol. The maximum atomic E-state index is 11.0. The number of furan rings is 1. The van der Waals surface area contributed by atoms with Gasteiger partial charge in [-0.05, 0) is 36.4 Å². The standard InChI is InChI=1S/C26H20N8O3/c35-34(36)21-13-7-8-18(16-21)23-15-14-22(37-23)17-27-33-26-31-24(28-19-9-3-1-4-10-19)30-25(32-26)29-20-11-5-2-6-12-20/h1-17H,(H3,28,29,30,31,32,33)/b27-17+. The van der Waals surface area contributed by atoms with Gasteiger partial charge in [0.1, 0.15) is 11.5 Å². The first-order valence-electron chi connectivity index (χ1n) is 11.2. The largest absolute Gasteiger partial charge is 0.455 e. The van der Waals surface area contributed by atoms with E-state index in [2.05, 4.69) is 36.1 Å². The lowest BCUT2D eigenvalue weighted by molar-refractivity contribution is -0.384. The molecule has 11 heteroatoms. The molecule has 0 atom stereocenters. The van der Waals surface area contributed by atoms with Crippen LogP contribution in [0.4, 0.5) is 34.9 Å². The van der Waals surface area contributed by atoms with Gasteiger partial charge in [0.25, 0.3) is 5.69 Å². The van der Waals surface area contributed by atoms with Crippen molar-refractivity contribution in [3.05, 3.63) is 113 Å². The summed E-state index contributed by atoms with van der Waals surface area (Å²) >= 11 is 0. The molecule has 3 aromatic carbocycles. The fourth-order valence-electron chi connectivity index (χ4n) is 3.34. The van der Waals surface area contributed by atoms with Gasteiger partial charge in [-0.15, -0.1) is 0 Å². The van der Waals surface area contributed by atoms with E-state index in [-0.39, 0.29) is 11.6 Å². The Balaban J connectivity index is 1.34. The molecule has 0 aliphatic rings. The number of benzene rings is 3. The molecule has 0 bridgehead atoms. The molecule has 37 heavy (non-hydrogen) atoms. The second-order valence-corrected chi connectivity index (χ2v) is 7.67. The quantitative estimate of drug-likeness (QED) is 0.129. The molecule has 0 fully saturated rings. The van der Waals surface area contributed by atoms with Crippen molar-refractivity contribution in [2.75, 3.05) is 16.1 Å². The van der Waals surface area contributed by atoms with Crippen molar-refractivity contribution in [1.82, 2.24) is 15.0 Å². The first-order valence-corrected chi connectivity index (χ1v) is 11.2. The zero-order chi connectivity index (χ0) is 25.5. The molecule has 0 saturated heterocycles. The maximum Gasteiger partial charge on any atom is 0.270 e. The van der Waals surface area contributed by atoms with Crippen molar-refractivity contribution < 1.29 is 9.34 Å². The molecule has 0 aliphatic heterocycles. The fourth-order valence-corrected chi connectivity index (χ4v) is 3.34. The van der Waals surface area contributed by atoms with E-state index in [1.165, 1.54) is 18.3 Å². The number of para-hydroxylation sites is 2. The molecule has 0 aliphatic carbocycles. The highest BCUT2D eigenvalue weighted by molar-refractivity contribution is 5.78. The average Bonchev–Trinajstić information content (AvgIpc) is 3.39. The highest BCUT2D eigenvalue weighted by Gasteiger charge is 2.10. The predicted octanol–water partition coefficient (Wildman–Crippen LogP) is 5.97. The number of nitro benzene ring substituents is 1. The molecule has 0 saturated carbocycles. The number of non-ortho nitro benzene ring substituents is 1. The van der Waals surface area contributed by atoms with Gasteiger partial charge in [0.15, 0.2) is 0 Å². The second-order valence-electron chi connectivity index (χ2n) is 7.67. The summed E-state index contributed by atoms with van der Waals surface area (Å²) in [5, 5.41) is 21.5. The number of nitrogens with zero attached hydrogens (tertiary/aromatic N) is 5. The van der Waals surface area contributed by atoms with Crippen LogP contribution in [0.15, 0.2) is 107 Å². The number of anilines is 5. The van der Waals surface area contributed by atoms with E-state index in [1.807, 2.05) is 60.7 Å². The Labute approximate surface area is 211 Å². The Morgan fingerprint density at radius 3 is 2.00 bits per heavy atom. The third-order valence-corrected chi connectivity index (χ3v) is 5.02. The van der Waals surface area contributed by atoms with Crippen molar-refractivity contribution in [2.45, 2.75) is 0 Å². The summed E-state index contributed by atoms with van der Waals surface area (Å²) in [4.78, 5) is 23.8. The minimum atomic E-state index is -0.449. The monoisotopic (exact) mass is 492 g/mol. The molecule has 5 aromatic rings. The van der Waals surface area contributed by atoms with Crippen molar-refractivity contribution in [2.24, 2.45) is 5.10 Å². The van der Waals surface area contributed by atoms with Gasteiger partial charge in [-0.25, -0.2) is 5.43 Å². The molecular formula is C26H20N8O3. The zero-order valence-electron chi connectivity index (χ0n) is 19.3. The first-order chi connectivity index (χ1) is 18.1. The highest BCUT2D eigenvalue weighted by Crippen LogP contribution is 2.25. The number of nitro groups is 1. The lowest BCUT2D eigenvalue weighted by Crippen LogP contribution is -2.07. The van der Waals surface area contributed by atoms with Crippen LogP contribution >= 0.6 is 0 Å². The van der Waals surface area contributed by atoms with Crippen LogP contribution in [0.1, 0.15) is 5.76 Å². The number of hydrogen-bond acceptors (Lipinski definition) is 10. The van der Waals surface area contributed by atoms with Crippen molar-refractivity contribution in [3.8, 4) is 11.3 Å². The molecule has 11 nitrogen and oxygen atoms in total. The van der Waals surface area contributed by atoms with E-state index in [0.717, 1.165) is 11.4 Å². The lowest BCUT2D eigenvalue weighted by atomic mass is 10.1. The SMILES string of the molecule is O=[N+]([O-])c1cccc(-c2ccc(/C=N/Nc3nc(Nc4ccccc4)nc(Nc4ccccc4)n3)o2)c1. The van der Waals surface area contributed by atoms with Gasteiger partial charge in [-0.3, -0.25) is 10.1 Å². The summed E-state index contributed by atoms with van der Waals surface area (Å²) in [6.07, 6.45) is 1.46. The van der Waals surface area contributed by atoms with Gasteiger partial charge in [0.05, 0.1) is 11.1 Å². The molecule has 182 valence electrons. The van der Waals surface area contributed by atoms with Gasteiger partial charge >= 0.3 is 0 Å². The summed E-state index contributed by atoms with van der Waals surface area (Å²) in [6, 6.07) is 28.7. The minimum Gasteiger partial charge on any atom is -0.455 e. The molecule has 2 aromatic heterocycles. The van der Waals surface area contributed by atoms with Crippen LogP contribution < -0.4 is 16.1 Å². The molecule has 0 unspecified atom stereocenters. The molecule has 0 amide bonds. The second kappa shape index (κ2) is 10.8. The van der Waals surface area contributed by atoms with E-state index >= 15 is 0 Å². The Bertz CT molecular complexity index is 1480. The number of nitrogens with one attached hydrogen (secondary N) is 3. The Hall–Kier alpha value is -5.58. The third-order valence-electron chi connectivity index (χ3n) is 5.02. The number of hydrazone groups is 1. The summed E-state index contributed by atoms with van der Waals surface area (Å²) < 4.78 is 5.76. The molecule has 2 heterocycles. The van der Waals surface area contributed by atoms with E-state index in [4.69, 9.17) is 4.42 Å². The van der Waals surface area contributed by atoms with Crippen LogP contribution in [-0.4, -0.2) is 26.1 Å². The van der Waals surface area contributed by atoms with E-state index in [0.29, 0.717) is 29.0 Å². The third kappa shape index (κ3) is 6.11. The molecule has 0 radical (unpaired) electrons. The molecule has 0 spiro atoms. The smallest absolute Gasteiger partial charge is 0.270 e. The van der Waals surface area contributed by atoms with Crippen LogP contribution in [0.2, 0.25) is 0 Å². The summed E-state index contributed by atoms with van der Waals surface area (Å²) in [6.45, 7) is 0. The summed E-state index contributed by atoms with van der Waals surface area (Å²) in [7, 11) is 0. The van der Waals surface area contributed by atoms with Crippen molar-refractivity contribution >= 4 is 41.1 Å². The van der Waals surface area contributed by atoms with Gasteiger partial charge in [-0.2, -0.15) is 20.1 Å². The van der Waals surface area contributed by atoms with Crippen LogP contribution in [0.5, 0.6) is 0 Å². The Morgan fingerprint density at radius 2 is 1.38 bits per heavy atom. The van der Waals surface area contributed by atoms with Crippen LogP contribution in [0.3, 0.4) is 0 Å². The first kappa shape index (κ1) is 23.2. The molecular weight excluding hydrogens is 472 g/mol. The highest BCUT2D eigenvalue weighted by atomic mass is 16.6. The topological polar surface area (TPSA) is 143 Å². The van der Waals surface area contributed by atoms with E-state index in [9.17, 15) is 10.1 Å². The fraction of sp³-hybridized carbons (Fsp3) is 0. The van der Waals surface area contributed by atoms with Crippen LogP contribution in [-0.2, 0) is 0 Å².